The fourth-order valence-corrected chi connectivity index (χ4v) is 3.02. The van der Waals surface area contributed by atoms with E-state index in [0.29, 0.717) is 5.69 Å². The summed E-state index contributed by atoms with van der Waals surface area (Å²) in [4.78, 5) is 11.4. The highest BCUT2D eigenvalue weighted by Crippen LogP contribution is 2.31. The second kappa shape index (κ2) is 3.20. The summed E-state index contributed by atoms with van der Waals surface area (Å²) in [5.74, 6) is -0.573. The lowest BCUT2D eigenvalue weighted by Gasteiger charge is -2.18. The Labute approximate surface area is 87.5 Å². The van der Waals surface area contributed by atoms with E-state index in [4.69, 9.17) is 0 Å². The summed E-state index contributed by atoms with van der Waals surface area (Å²) < 4.78 is 23.8. The summed E-state index contributed by atoms with van der Waals surface area (Å²) in [7, 11) is -3.63. The molecule has 2 rings (SSSR count). The van der Waals surface area contributed by atoms with E-state index >= 15 is 0 Å². The molecular weight excluding hydrogens is 214 g/mol. The van der Waals surface area contributed by atoms with Crippen molar-refractivity contribution < 1.29 is 13.2 Å². The van der Waals surface area contributed by atoms with Crippen molar-refractivity contribution in [3.63, 3.8) is 0 Å². The van der Waals surface area contributed by atoms with Crippen LogP contribution in [0.25, 0.3) is 0 Å². The average molecular weight is 223 g/mol. The van der Waals surface area contributed by atoms with Gasteiger partial charge in [0.25, 0.3) is 5.91 Å². The Balaban J connectivity index is 2.78. The van der Waals surface area contributed by atoms with E-state index in [1.54, 1.807) is 18.2 Å². The Bertz CT molecular complexity index is 558. The SMILES string of the molecule is CC=C1C(=O)Nc2ccccc2S1(=O)=O. The lowest BCUT2D eigenvalue weighted by molar-refractivity contribution is -0.112. The van der Waals surface area contributed by atoms with Gasteiger partial charge in [0.15, 0.2) is 0 Å². The number of benzene rings is 1. The van der Waals surface area contributed by atoms with Crippen molar-refractivity contribution in [2.45, 2.75) is 11.8 Å². The number of sulfone groups is 1. The van der Waals surface area contributed by atoms with Crippen molar-refractivity contribution in [2.75, 3.05) is 5.32 Å². The lowest BCUT2D eigenvalue weighted by atomic mass is 10.3. The van der Waals surface area contributed by atoms with Crippen LogP contribution in [0.2, 0.25) is 0 Å². The van der Waals surface area contributed by atoms with Crippen LogP contribution in [0, 0.1) is 0 Å². The molecular formula is C10H9NO3S. The molecule has 78 valence electrons. The van der Waals surface area contributed by atoms with Gasteiger partial charge in [-0.15, -0.1) is 0 Å². The van der Waals surface area contributed by atoms with Crippen LogP contribution in [-0.4, -0.2) is 14.3 Å². The quantitative estimate of drug-likeness (QED) is 0.674. The molecule has 0 unspecified atom stereocenters. The average Bonchev–Trinajstić information content (AvgIpc) is 2.17. The highest BCUT2D eigenvalue weighted by molar-refractivity contribution is 7.96. The van der Waals surface area contributed by atoms with Gasteiger partial charge in [0.1, 0.15) is 4.91 Å². The number of para-hydroxylation sites is 1. The summed E-state index contributed by atoms with van der Waals surface area (Å²) in [6, 6.07) is 6.35. The first-order valence-corrected chi connectivity index (χ1v) is 5.87. The van der Waals surface area contributed by atoms with Gasteiger partial charge >= 0.3 is 0 Å². The van der Waals surface area contributed by atoms with Crippen LogP contribution in [0.1, 0.15) is 6.92 Å². The molecule has 1 aromatic rings. The molecule has 0 aliphatic carbocycles. The number of fused-ring (bicyclic) bond motifs is 1. The molecule has 1 N–H and O–H groups in total. The molecule has 0 radical (unpaired) electrons. The number of hydrogen-bond acceptors (Lipinski definition) is 3. The van der Waals surface area contributed by atoms with Crippen LogP contribution in [-0.2, 0) is 14.6 Å². The number of carbonyl (C=O) groups is 1. The minimum absolute atomic E-state index is 0.151. The van der Waals surface area contributed by atoms with Gasteiger partial charge in [0.2, 0.25) is 9.84 Å². The predicted octanol–water partition coefficient (Wildman–Crippen LogP) is 1.32. The summed E-state index contributed by atoms with van der Waals surface area (Å²) in [6.45, 7) is 1.53. The predicted molar refractivity (Wildman–Crippen MR) is 56.0 cm³/mol. The molecule has 0 bridgehead atoms. The minimum atomic E-state index is -3.63. The standard InChI is InChI=1S/C10H9NO3S/c1-2-8-10(12)11-7-5-3-4-6-9(7)15(8,13)14/h2-6H,1H3,(H,11,12). The van der Waals surface area contributed by atoms with E-state index in [9.17, 15) is 13.2 Å². The molecule has 4 nitrogen and oxygen atoms in total. The minimum Gasteiger partial charge on any atom is -0.320 e. The van der Waals surface area contributed by atoms with Crippen molar-refractivity contribution >= 4 is 21.4 Å². The van der Waals surface area contributed by atoms with Gasteiger partial charge in [-0.05, 0) is 19.1 Å². The maximum Gasteiger partial charge on any atom is 0.267 e. The third-order valence-corrected chi connectivity index (χ3v) is 4.14. The lowest BCUT2D eigenvalue weighted by Crippen LogP contribution is -2.27. The fourth-order valence-electron chi connectivity index (χ4n) is 1.51. The Kier molecular flexibility index (Phi) is 2.12. The van der Waals surface area contributed by atoms with Gasteiger partial charge in [0, 0.05) is 0 Å². The Hall–Kier alpha value is -1.62. The molecule has 0 saturated heterocycles. The van der Waals surface area contributed by atoms with Gasteiger partial charge in [-0.25, -0.2) is 8.42 Å². The first-order valence-electron chi connectivity index (χ1n) is 4.39. The van der Waals surface area contributed by atoms with Gasteiger partial charge in [-0.2, -0.15) is 0 Å². The zero-order chi connectivity index (χ0) is 11.1. The third kappa shape index (κ3) is 1.35. The molecule has 1 heterocycles. The molecule has 15 heavy (non-hydrogen) atoms. The first-order chi connectivity index (χ1) is 7.07. The largest absolute Gasteiger partial charge is 0.320 e. The summed E-state index contributed by atoms with van der Waals surface area (Å²) >= 11 is 0. The zero-order valence-electron chi connectivity index (χ0n) is 8.02. The second-order valence-electron chi connectivity index (χ2n) is 3.11. The molecule has 1 aliphatic heterocycles. The van der Waals surface area contributed by atoms with Crippen LogP contribution in [0.5, 0.6) is 0 Å². The Morgan fingerprint density at radius 3 is 2.60 bits per heavy atom. The monoisotopic (exact) mass is 223 g/mol. The van der Waals surface area contributed by atoms with E-state index in [0.717, 1.165) is 0 Å². The molecule has 1 aliphatic rings. The van der Waals surface area contributed by atoms with Crippen molar-refractivity contribution in [2.24, 2.45) is 0 Å². The van der Waals surface area contributed by atoms with Gasteiger partial charge < -0.3 is 5.32 Å². The van der Waals surface area contributed by atoms with Crippen LogP contribution in [0.15, 0.2) is 40.1 Å². The maximum absolute atomic E-state index is 11.9. The topological polar surface area (TPSA) is 63.2 Å². The highest BCUT2D eigenvalue weighted by Gasteiger charge is 2.33. The molecule has 1 aromatic carbocycles. The van der Waals surface area contributed by atoms with Crippen LogP contribution >= 0.6 is 0 Å². The number of rotatable bonds is 0. The van der Waals surface area contributed by atoms with Gasteiger partial charge in [-0.1, -0.05) is 18.2 Å². The van der Waals surface area contributed by atoms with Crippen LogP contribution < -0.4 is 5.32 Å². The van der Waals surface area contributed by atoms with Crippen LogP contribution in [0.4, 0.5) is 5.69 Å². The van der Waals surface area contributed by atoms with Crippen LogP contribution in [0.3, 0.4) is 0 Å². The number of nitrogens with one attached hydrogen (secondary N) is 1. The molecule has 1 amide bonds. The number of carbonyl (C=O) groups excluding carboxylic acids is 1. The van der Waals surface area contributed by atoms with E-state index in [1.165, 1.54) is 19.1 Å². The number of allylic oxidation sites excluding steroid dienone is 1. The third-order valence-electron chi connectivity index (χ3n) is 2.20. The normalized spacial score (nSPS) is 20.9. The smallest absolute Gasteiger partial charge is 0.267 e. The zero-order valence-corrected chi connectivity index (χ0v) is 8.84. The molecule has 0 saturated carbocycles. The maximum atomic E-state index is 11.9. The first kappa shape index (κ1) is 9.92. The molecule has 0 spiro atoms. The highest BCUT2D eigenvalue weighted by atomic mass is 32.2. The van der Waals surface area contributed by atoms with E-state index in [-0.39, 0.29) is 9.80 Å². The molecule has 0 atom stereocenters. The van der Waals surface area contributed by atoms with Gasteiger partial charge in [0.05, 0.1) is 10.6 Å². The van der Waals surface area contributed by atoms with E-state index < -0.39 is 15.7 Å². The van der Waals surface area contributed by atoms with E-state index in [2.05, 4.69) is 5.32 Å². The Morgan fingerprint density at radius 1 is 1.27 bits per heavy atom. The number of hydrogen-bond donors (Lipinski definition) is 1. The number of anilines is 1. The van der Waals surface area contributed by atoms with E-state index in [1.807, 2.05) is 0 Å². The second-order valence-corrected chi connectivity index (χ2v) is 4.99. The van der Waals surface area contributed by atoms with Crippen molar-refractivity contribution in [1.29, 1.82) is 0 Å². The molecule has 0 fully saturated rings. The number of amides is 1. The molecule has 5 heteroatoms. The van der Waals surface area contributed by atoms with Gasteiger partial charge in [-0.3, -0.25) is 4.79 Å². The summed E-state index contributed by atoms with van der Waals surface area (Å²) in [6.07, 6.45) is 1.31. The molecule has 0 aromatic heterocycles. The van der Waals surface area contributed by atoms with Crippen molar-refractivity contribution in [3.05, 3.63) is 35.2 Å². The van der Waals surface area contributed by atoms with Crippen molar-refractivity contribution in [1.82, 2.24) is 0 Å². The van der Waals surface area contributed by atoms with Crippen molar-refractivity contribution in [3.8, 4) is 0 Å². The Morgan fingerprint density at radius 2 is 1.93 bits per heavy atom. The fraction of sp³-hybridized carbons (Fsp3) is 0.100. The summed E-state index contributed by atoms with van der Waals surface area (Å²) in [5.41, 5.74) is 0.341. The summed E-state index contributed by atoms with van der Waals surface area (Å²) in [5, 5.41) is 2.53.